The summed E-state index contributed by atoms with van der Waals surface area (Å²) in [5.74, 6) is 0.810. The molecule has 7 heteroatoms. The molecule has 144 valence electrons. The predicted molar refractivity (Wildman–Crippen MR) is 115 cm³/mol. The standard InChI is InChI=1S/C21H21N3O2S2/c25-18(24-10-11-27-17-9-5-4-7-15(17)24)12-23-13-22-20-19(21(23)26)14-6-2-1-3-8-16(14)28-20/h4-5,7,9,13H,1-3,6,8,10-12H2. The number of fused-ring (bicyclic) bond motifs is 4. The Morgan fingerprint density at radius 1 is 1.14 bits per heavy atom. The maximum Gasteiger partial charge on any atom is 0.262 e. The highest BCUT2D eigenvalue weighted by molar-refractivity contribution is 7.99. The van der Waals surface area contributed by atoms with E-state index in [0.29, 0.717) is 6.54 Å². The fourth-order valence-corrected chi connectivity index (χ4v) is 6.34. The van der Waals surface area contributed by atoms with E-state index in [4.69, 9.17) is 0 Å². The van der Waals surface area contributed by atoms with Crippen molar-refractivity contribution in [3.05, 3.63) is 51.4 Å². The molecule has 0 saturated carbocycles. The van der Waals surface area contributed by atoms with Gasteiger partial charge < -0.3 is 4.90 Å². The molecule has 5 rings (SSSR count). The summed E-state index contributed by atoms with van der Waals surface area (Å²) in [6.45, 7) is 0.699. The van der Waals surface area contributed by atoms with Gasteiger partial charge in [-0.15, -0.1) is 23.1 Å². The normalized spacial score (nSPS) is 16.5. The van der Waals surface area contributed by atoms with Gasteiger partial charge in [0.15, 0.2) is 0 Å². The number of anilines is 1. The molecule has 0 N–H and O–H groups in total. The Kier molecular flexibility index (Phi) is 4.72. The number of para-hydroxylation sites is 1. The number of hydrogen-bond donors (Lipinski definition) is 0. The zero-order valence-electron chi connectivity index (χ0n) is 15.5. The highest BCUT2D eigenvalue weighted by Gasteiger charge is 2.24. The van der Waals surface area contributed by atoms with E-state index in [1.54, 1.807) is 34.3 Å². The molecule has 1 aliphatic carbocycles. The summed E-state index contributed by atoms with van der Waals surface area (Å²) in [6.07, 6.45) is 7.04. The first-order valence-electron chi connectivity index (χ1n) is 9.74. The van der Waals surface area contributed by atoms with Crippen LogP contribution in [0, 0.1) is 0 Å². The average Bonchev–Trinajstić information content (AvgIpc) is 2.92. The minimum atomic E-state index is -0.0718. The third-order valence-electron chi connectivity index (χ3n) is 5.53. The first-order valence-corrected chi connectivity index (χ1v) is 11.5. The lowest BCUT2D eigenvalue weighted by atomic mass is 10.1. The highest BCUT2D eigenvalue weighted by atomic mass is 32.2. The molecule has 0 bridgehead atoms. The molecular weight excluding hydrogens is 390 g/mol. The predicted octanol–water partition coefficient (Wildman–Crippen LogP) is 3.87. The second-order valence-corrected chi connectivity index (χ2v) is 9.50. The topological polar surface area (TPSA) is 55.2 Å². The van der Waals surface area contributed by atoms with E-state index >= 15 is 0 Å². The van der Waals surface area contributed by atoms with Gasteiger partial charge in [-0.3, -0.25) is 14.2 Å². The van der Waals surface area contributed by atoms with Gasteiger partial charge in [-0.1, -0.05) is 18.6 Å². The third-order valence-corrected chi connectivity index (χ3v) is 7.77. The van der Waals surface area contributed by atoms with Crippen molar-refractivity contribution in [2.45, 2.75) is 43.5 Å². The summed E-state index contributed by atoms with van der Waals surface area (Å²) in [5.41, 5.74) is 2.05. The fourth-order valence-electron chi connectivity index (χ4n) is 4.13. The Bertz CT molecular complexity index is 1120. The summed E-state index contributed by atoms with van der Waals surface area (Å²) in [5, 5.41) is 0.742. The monoisotopic (exact) mass is 411 g/mol. The first kappa shape index (κ1) is 17.9. The van der Waals surface area contributed by atoms with Crippen LogP contribution in [0.5, 0.6) is 0 Å². The minimum absolute atomic E-state index is 0.0331. The number of rotatable bonds is 2. The van der Waals surface area contributed by atoms with Crippen LogP contribution in [0.25, 0.3) is 10.2 Å². The molecule has 1 aliphatic heterocycles. The molecule has 5 nitrogen and oxygen atoms in total. The van der Waals surface area contributed by atoms with Gasteiger partial charge in [0, 0.05) is 22.1 Å². The lowest BCUT2D eigenvalue weighted by Crippen LogP contribution is -2.39. The van der Waals surface area contributed by atoms with Crippen molar-refractivity contribution >= 4 is 44.9 Å². The van der Waals surface area contributed by atoms with Crippen molar-refractivity contribution in [1.29, 1.82) is 0 Å². The number of aryl methyl sites for hydroxylation is 2. The number of carbonyl (C=O) groups excluding carboxylic acids is 1. The summed E-state index contributed by atoms with van der Waals surface area (Å²) in [7, 11) is 0. The molecule has 0 atom stereocenters. The molecule has 3 heterocycles. The highest BCUT2D eigenvalue weighted by Crippen LogP contribution is 2.35. The lowest BCUT2D eigenvalue weighted by Gasteiger charge is -2.29. The Labute approximate surface area is 171 Å². The summed E-state index contributed by atoms with van der Waals surface area (Å²) in [4.78, 5) is 35.8. The van der Waals surface area contributed by atoms with Crippen molar-refractivity contribution in [3.63, 3.8) is 0 Å². The Morgan fingerprint density at radius 2 is 2.00 bits per heavy atom. The number of nitrogens with zero attached hydrogens (tertiary/aromatic N) is 3. The van der Waals surface area contributed by atoms with Gasteiger partial charge >= 0.3 is 0 Å². The zero-order valence-corrected chi connectivity index (χ0v) is 17.2. The van der Waals surface area contributed by atoms with Gasteiger partial charge in [0.2, 0.25) is 5.91 Å². The number of thiophene rings is 1. The Hall–Kier alpha value is -2.12. The number of hydrogen-bond acceptors (Lipinski definition) is 5. The van der Waals surface area contributed by atoms with E-state index in [-0.39, 0.29) is 18.0 Å². The molecule has 0 radical (unpaired) electrons. The van der Waals surface area contributed by atoms with Gasteiger partial charge in [-0.25, -0.2) is 4.98 Å². The fraction of sp³-hybridized carbons (Fsp3) is 0.381. The summed E-state index contributed by atoms with van der Waals surface area (Å²) >= 11 is 3.42. The van der Waals surface area contributed by atoms with Gasteiger partial charge in [-0.05, 0) is 43.4 Å². The molecule has 1 amide bonds. The zero-order chi connectivity index (χ0) is 19.1. The third kappa shape index (κ3) is 3.06. The molecule has 0 unspecified atom stereocenters. The Morgan fingerprint density at radius 3 is 2.93 bits per heavy atom. The van der Waals surface area contributed by atoms with E-state index in [0.717, 1.165) is 45.8 Å². The van der Waals surface area contributed by atoms with Gasteiger partial charge in [-0.2, -0.15) is 0 Å². The molecule has 0 saturated heterocycles. The smallest absolute Gasteiger partial charge is 0.262 e. The van der Waals surface area contributed by atoms with E-state index in [2.05, 4.69) is 4.98 Å². The van der Waals surface area contributed by atoms with Crippen molar-refractivity contribution in [3.8, 4) is 0 Å². The van der Waals surface area contributed by atoms with Gasteiger partial charge in [0.1, 0.15) is 11.4 Å². The van der Waals surface area contributed by atoms with E-state index in [9.17, 15) is 9.59 Å². The number of amides is 1. The van der Waals surface area contributed by atoms with Gasteiger partial charge in [0.05, 0.1) is 17.4 Å². The van der Waals surface area contributed by atoms with Crippen LogP contribution in [0.3, 0.4) is 0 Å². The molecule has 1 aromatic carbocycles. The van der Waals surface area contributed by atoms with Crippen LogP contribution in [0.4, 0.5) is 5.69 Å². The summed E-state index contributed by atoms with van der Waals surface area (Å²) < 4.78 is 1.49. The summed E-state index contributed by atoms with van der Waals surface area (Å²) in [6, 6.07) is 7.96. The maximum atomic E-state index is 13.2. The number of thioether (sulfide) groups is 1. The second-order valence-electron chi connectivity index (χ2n) is 7.28. The SMILES string of the molecule is O=C(Cn1cnc2sc3c(c2c1=O)CCCCC3)N1CCSc2ccccc21. The van der Waals surface area contributed by atoms with Crippen LogP contribution < -0.4 is 10.5 Å². The first-order chi connectivity index (χ1) is 13.7. The van der Waals surface area contributed by atoms with Crippen LogP contribution in [-0.2, 0) is 24.2 Å². The molecule has 3 aromatic rings. The lowest BCUT2D eigenvalue weighted by molar-refractivity contribution is -0.119. The molecule has 0 spiro atoms. The maximum absolute atomic E-state index is 13.2. The largest absolute Gasteiger partial charge is 0.309 e. The second kappa shape index (κ2) is 7.37. The van der Waals surface area contributed by atoms with E-state index < -0.39 is 0 Å². The molecule has 2 aliphatic rings. The quantitative estimate of drug-likeness (QED) is 0.601. The van der Waals surface area contributed by atoms with Crippen molar-refractivity contribution in [2.75, 3.05) is 17.2 Å². The van der Waals surface area contributed by atoms with Crippen molar-refractivity contribution in [1.82, 2.24) is 9.55 Å². The van der Waals surface area contributed by atoms with E-state index in [1.165, 1.54) is 27.8 Å². The number of aromatic nitrogens is 2. The van der Waals surface area contributed by atoms with Crippen molar-refractivity contribution in [2.24, 2.45) is 0 Å². The Balaban J connectivity index is 1.49. The molecule has 0 fully saturated rings. The minimum Gasteiger partial charge on any atom is -0.309 e. The van der Waals surface area contributed by atoms with Crippen LogP contribution in [-0.4, -0.2) is 27.8 Å². The van der Waals surface area contributed by atoms with Crippen LogP contribution in [0.1, 0.15) is 29.7 Å². The molecule has 28 heavy (non-hydrogen) atoms. The average molecular weight is 412 g/mol. The van der Waals surface area contributed by atoms with Gasteiger partial charge in [0.25, 0.3) is 5.56 Å². The molecule has 2 aromatic heterocycles. The van der Waals surface area contributed by atoms with E-state index in [1.807, 2.05) is 24.3 Å². The van der Waals surface area contributed by atoms with Crippen LogP contribution in [0.2, 0.25) is 0 Å². The number of benzene rings is 1. The molecular formula is C21H21N3O2S2. The van der Waals surface area contributed by atoms with Crippen LogP contribution >= 0.6 is 23.1 Å². The van der Waals surface area contributed by atoms with Crippen molar-refractivity contribution < 1.29 is 4.79 Å². The van der Waals surface area contributed by atoms with Crippen LogP contribution in [0.15, 0.2) is 40.3 Å². The number of carbonyl (C=O) groups is 1.